The van der Waals surface area contributed by atoms with Crippen LogP contribution in [0, 0.1) is 5.92 Å². The van der Waals surface area contributed by atoms with Crippen LogP contribution >= 0.6 is 0 Å². The lowest BCUT2D eigenvalue weighted by atomic mass is 10.0. The Balaban J connectivity index is 2.00. The SMILES string of the molecule is NCC(CS(=O)(=O)CC1CCCC1)c1ccccc1. The first-order chi connectivity index (χ1) is 9.11. The third-order valence-electron chi connectivity index (χ3n) is 3.97. The minimum Gasteiger partial charge on any atom is -0.330 e. The Morgan fingerprint density at radius 3 is 2.37 bits per heavy atom. The fourth-order valence-electron chi connectivity index (χ4n) is 2.94. The first kappa shape index (κ1) is 14.5. The van der Waals surface area contributed by atoms with Crippen LogP contribution in [0.2, 0.25) is 0 Å². The predicted molar refractivity (Wildman–Crippen MR) is 78.8 cm³/mol. The van der Waals surface area contributed by atoms with Crippen molar-refractivity contribution in [3.8, 4) is 0 Å². The van der Waals surface area contributed by atoms with Crippen molar-refractivity contribution in [2.75, 3.05) is 18.1 Å². The van der Waals surface area contributed by atoms with Crippen LogP contribution < -0.4 is 5.73 Å². The molecule has 1 aliphatic rings. The molecular weight excluding hydrogens is 258 g/mol. The summed E-state index contributed by atoms with van der Waals surface area (Å²) in [5, 5.41) is 0. The lowest BCUT2D eigenvalue weighted by molar-refractivity contribution is 0.553. The Morgan fingerprint density at radius 1 is 1.16 bits per heavy atom. The zero-order valence-electron chi connectivity index (χ0n) is 11.3. The standard InChI is InChI=1S/C15H23NO2S/c16-10-15(14-8-2-1-3-9-14)12-19(17,18)11-13-6-4-5-7-13/h1-3,8-9,13,15H,4-7,10-12,16H2. The molecule has 0 saturated heterocycles. The van der Waals surface area contributed by atoms with Gasteiger partial charge >= 0.3 is 0 Å². The molecule has 1 unspecified atom stereocenters. The van der Waals surface area contributed by atoms with Crippen molar-refractivity contribution in [1.82, 2.24) is 0 Å². The van der Waals surface area contributed by atoms with Gasteiger partial charge in [0.25, 0.3) is 0 Å². The van der Waals surface area contributed by atoms with Crippen LogP contribution in [0.25, 0.3) is 0 Å². The zero-order valence-corrected chi connectivity index (χ0v) is 12.1. The summed E-state index contributed by atoms with van der Waals surface area (Å²) in [6.45, 7) is 0.383. The number of benzene rings is 1. The molecule has 3 nitrogen and oxygen atoms in total. The first-order valence-electron chi connectivity index (χ1n) is 7.06. The van der Waals surface area contributed by atoms with E-state index in [-0.39, 0.29) is 11.7 Å². The fourth-order valence-corrected chi connectivity index (χ4v) is 5.07. The molecule has 0 heterocycles. The van der Waals surface area contributed by atoms with E-state index in [2.05, 4.69) is 0 Å². The smallest absolute Gasteiger partial charge is 0.151 e. The summed E-state index contributed by atoms with van der Waals surface area (Å²) in [7, 11) is -3.00. The lowest BCUT2D eigenvalue weighted by Crippen LogP contribution is -2.25. The van der Waals surface area contributed by atoms with Gasteiger partial charge in [-0.2, -0.15) is 0 Å². The molecule has 106 valence electrons. The molecule has 1 saturated carbocycles. The minimum absolute atomic E-state index is 0.0763. The number of hydrogen-bond acceptors (Lipinski definition) is 3. The largest absolute Gasteiger partial charge is 0.330 e. The van der Waals surface area contributed by atoms with Crippen LogP contribution in [-0.2, 0) is 9.84 Å². The number of hydrogen-bond donors (Lipinski definition) is 1. The van der Waals surface area contributed by atoms with E-state index in [1.54, 1.807) is 0 Å². The maximum atomic E-state index is 12.3. The molecule has 0 amide bonds. The number of rotatable bonds is 6. The summed E-state index contributed by atoms with van der Waals surface area (Å²) in [5.41, 5.74) is 6.78. The third kappa shape index (κ3) is 4.32. The zero-order chi connectivity index (χ0) is 13.7. The molecule has 0 aliphatic heterocycles. The van der Waals surface area contributed by atoms with Crippen LogP contribution in [-0.4, -0.2) is 26.5 Å². The number of nitrogens with two attached hydrogens (primary N) is 1. The summed E-state index contributed by atoms with van der Waals surface area (Å²) < 4.78 is 24.5. The van der Waals surface area contributed by atoms with Gasteiger partial charge in [-0.25, -0.2) is 8.42 Å². The van der Waals surface area contributed by atoms with Crippen LogP contribution in [0.1, 0.15) is 37.2 Å². The average Bonchev–Trinajstić information content (AvgIpc) is 2.89. The average molecular weight is 281 g/mol. The second kappa shape index (κ2) is 6.53. The van der Waals surface area contributed by atoms with Gasteiger partial charge in [0, 0.05) is 12.5 Å². The first-order valence-corrected chi connectivity index (χ1v) is 8.88. The molecule has 2 N–H and O–H groups in total. The van der Waals surface area contributed by atoms with Crippen LogP contribution in [0.15, 0.2) is 30.3 Å². The highest BCUT2D eigenvalue weighted by Gasteiger charge is 2.25. The van der Waals surface area contributed by atoms with Gasteiger partial charge in [0.2, 0.25) is 0 Å². The maximum Gasteiger partial charge on any atom is 0.151 e. The minimum atomic E-state index is -3.00. The summed E-state index contributed by atoms with van der Waals surface area (Å²) in [6.07, 6.45) is 4.49. The molecule has 1 fully saturated rings. The Hall–Kier alpha value is -0.870. The Morgan fingerprint density at radius 2 is 1.79 bits per heavy atom. The Labute approximate surface area is 116 Å². The second-order valence-electron chi connectivity index (χ2n) is 5.57. The van der Waals surface area contributed by atoms with E-state index in [4.69, 9.17) is 5.73 Å². The van der Waals surface area contributed by atoms with Gasteiger partial charge in [0.1, 0.15) is 0 Å². The Kier molecular flexibility index (Phi) is 4.99. The monoisotopic (exact) mass is 281 g/mol. The van der Waals surface area contributed by atoms with Crippen molar-refractivity contribution in [1.29, 1.82) is 0 Å². The molecule has 0 aromatic heterocycles. The van der Waals surface area contributed by atoms with E-state index in [0.717, 1.165) is 18.4 Å². The predicted octanol–water partition coefficient (Wildman–Crippen LogP) is 2.33. The van der Waals surface area contributed by atoms with Crippen molar-refractivity contribution in [2.24, 2.45) is 11.7 Å². The van der Waals surface area contributed by atoms with Crippen molar-refractivity contribution in [3.63, 3.8) is 0 Å². The highest BCUT2D eigenvalue weighted by Crippen LogP contribution is 2.27. The summed E-state index contributed by atoms with van der Waals surface area (Å²) in [6, 6.07) is 9.72. The van der Waals surface area contributed by atoms with Crippen molar-refractivity contribution in [3.05, 3.63) is 35.9 Å². The molecule has 0 radical (unpaired) electrons. The second-order valence-corrected chi connectivity index (χ2v) is 7.72. The Bertz CT molecular complexity index is 478. The topological polar surface area (TPSA) is 60.2 Å². The van der Waals surface area contributed by atoms with Crippen LogP contribution in [0.3, 0.4) is 0 Å². The van der Waals surface area contributed by atoms with Crippen LogP contribution in [0.4, 0.5) is 0 Å². The van der Waals surface area contributed by atoms with E-state index in [9.17, 15) is 8.42 Å². The lowest BCUT2D eigenvalue weighted by Gasteiger charge is -2.17. The van der Waals surface area contributed by atoms with Crippen molar-refractivity contribution < 1.29 is 8.42 Å². The highest BCUT2D eigenvalue weighted by atomic mass is 32.2. The molecule has 1 atom stereocenters. The molecule has 4 heteroatoms. The van der Waals surface area contributed by atoms with Crippen LogP contribution in [0.5, 0.6) is 0 Å². The van der Waals surface area contributed by atoms with E-state index < -0.39 is 9.84 Å². The van der Waals surface area contributed by atoms with E-state index >= 15 is 0 Å². The summed E-state index contributed by atoms with van der Waals surface area (Å²) >= 11 is 0. The summed E-state index contributed by atoms with van der Waals surface area (Å²) in [5.74, 6) is 0.826. The maximum absolute atomic E-state index is 12.3. The third-order valence-corrected chi connectivity index (χ3v) is 5.86. The van der Waals surface area contributed by atoms with Gasteiger partial charge in [-0.1, -0.05) is 43.2 Å². The van der Waals surface area contributed by atoms with Gasteiger partial charge in [-0.3, -0.25) is 0 Å². The molecule has 1 aromatic rings. The van der Waals surface area contributed by atoms with E-state index in [1.807, 2.05) is 30.3 Å². The molecule has 19 heavy (non-hydrogen) atoms. The molecule has 1 aliphatic carbocycles. The molecule has 2 rings (SSSR count). The fraction of sp³-hybridized carbons (Fsp3) is 0.600. The van der Waals surface area contributed by atoms with Crippen molar-refractivity contribution >= 4 is 9.84 Å². The molecule has 0 bridgehead atoms. The molecule has 0 spiro atoms. The van der Waals surface area contributed by atoms with Gasteiger partial charge < -0.3 is 5.73 Å². The normalized spacial score (nSPS) is 18.6. The number of sulfone groups is 1. The quantitative estimate of drug-likeness (QED) is 0.870. The van der Waals surface area contributed by atoms with Gasteiger partial charge in [-0.15, -0.1) is 0 Å². The van der Waals surface area contributed by atoms with Crippen molar-refractivity contribution in [2.45, 2.75) is 31.6 Å². The summed E-state index contributed by atoms with van der Waals surface area (Å²) in [4.78, 5) is 0. The van der Waals surface area contributed by atoms with Gasteiger partial charge in [0.05, 0.1) is 11.5 Å². The van der Waals surface area contributed by atoms with E-state index in [1.165, 1.54) is 12.8 Å². The highest BCUT2D eigenvalue weighted by molar-refractivity contribution is 7.91. The van der Waals surface area contributed by atoms with Gasteiger partial charge in [0.15, 0.2) is 9.84 Å². The van der Waals surface area contributed by atoms with Gasteiger partial charge in [-0.05, 0) is 24.3 Å². The molecule has 1 aromatic carbocycles. The van der Waals surface area contributed by atoms with E-state index in [0.29, 0.717) is 18.2 Å². The molecular formula is C15H23NO2S.